The molecule has 7 nitrogen and oxygen atoms in total. The molecule has 0 unspecified atom stereocenters. The van der Waals surface area contributed by atoms with Gasteiger partial charge in [-0.25, -0.2) is 4.79 Å². The van der Waals surface area contributed by atoms with Gasteiger partial charge in [-0.1, -0.05) is 48.0 Å². The molecule has 0 spiro atoms. The Hall–Kier alpha value is -4.83. The standard InChI is InChI=1S/C30H24N4O3/c1-17-5-10-20(11-6-17)25-24-26(32(3)30(36)33(4)29(24)35)27-28(21-12-8-19(16-31)9-13-21)37-23-14-7-18(2)15-22(23)34(25)27/h5-15,28H,1-4H3/t28-/m0/s1. The first-order valence-corrected chi connectivity index (χ1v) is 12.0. The highest BCUT2D eigenvalue weighted by Gasteiger charge is 2.36. The number of nitrogens with zero attached hydrogens (tertiary/aromatic N) is 4. The van der Waals surface area contributed by atoms with Gasteiger partial charge in [-0.15, -0.1) is 0 Å². The molecule has 0 amide bonds. The molecule has 0 saturated heterocycles. The molecule has 3 aromatic carbocycles. The maximum Gasteiger partial charge on any atom is 0.331 e. The number of rotatable bonds is 2. The predicted molar refractivity (Wildman–Crippen MR) is 142 cm³/mol. The summed E-state index contributed by atoms with van der Waals surface area (Å²) in [7, 11) is 3.19. The average molecular weight is 489 g/mol. The Morgan fingerprint density at radius 3 is 2.22 bits per heavy atom. The lowest BCUT2D eigenvalue weighted by Crippen LogP contribution is -2.37. The number of nitriles is 1. The quantitative estimate of drug-likeness (QED) is 0.362. The number of aromatic nitrogens is 3. The monoisotopic (exact) mass is 488 g/mol. The van der Waals surface area contributed by atoms with Crippen molar-refractivity contribution in [3.05, 3.63) is 116 Å². The van der Waals surface area contributed by atoms with E-state index in [9.17, 15) is 14.9 Å². The molecule has 2 aromatic heterocycles. The second-order valence-electron chi connectivity index (χ2n) is 9.57. The van der Waals surface area contributed by atoms with Gasteiger partial charge in [0, 0.05) is 14.1 Å². The van der Waals surface area contributed by atoms with Crippen LogP contribution in [-0.4, -0.2) is 13.7 Å². The molecular weight excluding hydrogens is 464 g/mol. The molecule has 1 atom stereocenters. The van der Waals surface area contributed by atoms with Crippen LogP contribution >= 0.6 is 0 Å². The van der Waals surface area contributed by atoms with Crippen molar-refractivity contribution in [3.63, 3.8) is 0 Å². The van der Waals surface area contributed by atoms with Crippen LogP contribution in [0.3, 0.4) is 0 Å². The highest BCUT2D eigenvalue weighted by molar-refractivity contribution is 5.98. The Balaban J connectivity index is 1.84. The fraction of sp³-hybridized carbons (Fsp3) is 0.167. The minimum atomic E-state index is -0.609. The summed E-state index contributed by atoms with van der Waals surface area (Å²) in [6.45, 7) is 4.03. The number of aryl methyl sites for hydroxylation is 3. The van der Waals surface area contributed by atoms with Gasteiger partial charge in [-0.2, -0.15) is 5.26 Å². The number of fused-ring (bicyclic) bond motifs is 5. The molecule has 0 radical (unpaired) electrons. The highest BCUT2D eigenvalue weighted by Crippen LogP contribution is 2.46. The first-order chi connectivity index (χ1) is 17.8. The van der Waals surface area contributed by atoms with Crippen LogP contribution in [0.2, 0.25) is 0 Å². The smallest absolute Gasteiger partial charge is 0.331 e. The minimum Gasteiger partial charge on any atom is -0.477 e. The highest BCUT2D eigenvalue weighted by atomic mass is 16.5. The normalized spacial score (nSPS) is 14.1. The Morgan fingerprint density at radius 2 is 1.54 bits per heavy atom. The van der Waals surface area contributed by atoms with E-state index < -0.39 is 11.8 Å². The van der Waals surface area contributed by atoms with Crippen molar-refractivity contribution < 1.29 is 4.74 Å². The van der Waals surface area contributed by atoms with E-state index in [-0.39, 0.29) is 5.56 Å². The Morgan fingerprint density at radius 1 is 0.865 bits per heavy atom. The third-order valence-electron chi connectivity index (χ3n) is 7.12. The van der Waals surface area contributed by atoms with Crippen molar-refractivity contribution in [1.82, 2.24) is 13.7 Å². The molecule has 3 heterocycles. The van der Waals surface area contributed by atoms with Crippen LogP contribution in [0.15, 0.2) is 76.3 Å². The van der Waals surface area contributed by atoms with Crippen LogP contribution in [0.5, 0.6) is 5.75 Å². The molecule has 0 saturated carbocycles. The van der Waals surface area contributed by atoms with Crippen molar-refractivity contribution in [2.24, 2.45) is 14.1 Å². The molecule has 37 heavy (non-hydrogen) atoms. The predicted octanol–water partition coefficient (Wildman–Crippen LogP) is 4.67. The van der Waals surface area contributed by atoms with Crippen LogP contribution < -0.4 is 16.0 Å². The van der Waals surface area contributed by atoms with E-state index in [2.05, 4.69) is 10.6 Å². The lowest BCUT2D eigenvalue weighted by Gasteiger charge is -2.30. The van der Waals surface area contributed by atoms with Gasteiger partial charge in [0.1, 0.15) is 5.75 Å². The maximum absolute atomic E-state index is 13.7. The zero-order valence-electron chi connectivity index (χ0n) is 20.9. The molecule has 5 aromatic rings. The summed E-state index contributed by atoms with van der Waals surface area (Å²) in [5, 5.41) is 9.76. The topological polar surface area (TPSA) is 81.9 Å². The van der Waals surface area contributed by atoms with Crippen molar-refractivity contribution in [2.45, 2.75) is 20.0 Å². The summed E-state index contributed by atoms with van der Waals surface area (Å²) in [6.07, 6.45) is -0.609. The second-order valence-corrected chi connectivity index (χ2v) is 9.57. The van der Waals surface area contributed by atoms with Gasteiger partial charge < -0.3 is 9.30 Å². The van der Waals surface area contributed by atoms with Gasteiger partial charge in [0.15, 0.2) is 6.10 Å². The molecule has 0 fully saturated rings. The minimum absolute atomic E-state index is 0.358. The molecular formula is C30H24N4O3. The van der Waals surface area contributed by atoms with Gasteiger partial charge >= 0.3 is 5.69 Å². The van der Waals surface area contributed by atoms with Crippen molar-refractivity contribution in [2.75, 3.05) is 0 Å². The first kappa shape index (κ1) is 22.6. The van der Waals surface area contributed by atoms with Crippen LogP contribution in [-0.2, 0) is 14.1 Å². The summed E-state index contributed by atoms with van der Waals surface area (Å²) >= 11 is 0. The number of hydrogen-bond acceptors (Lipinski definition) is 4. The summed E-state index contributed by atoms with van der Waals surface area (Å²) < 4.78 is 11.3. The fourth-order valence-corrected chi connectivity index (χ4v) is 5.22. The van der Waals surface area contributed by atoms with Gasteiger partial charge in [0.2, 0.25) is 0 Å². The van der Waals surface area contributed by atoms with Crippen molar-refractivity contribution in [1.29, 1.82) is 5.26 Å². The summed E-state index contributed by atoms with van der Waals surface area (Å²) in [5.74, 6) is 0.669. The SMILES string of the molecule is Cc1ccc(-c2c3c(=O)n(C)c(=O)n(C)c3c3n2-c2cc(C)ccc2O[C@H]3c2ccc(C#N)cc2)cc1. The number of hydrogen-bond donors (Lipinski definition) is 0. The number of ether oxygens (including phenoxy) is 1. The summed E-state index contributed by atoms with van der Waals surface area (Å²) in [5.41, 5.74) is 6.36. The van der Waals surface area contributed by atoms with Crippen molar-refractivity contribution in [3.8, 4) is 28.8 Å². The molecule has 1 aliphatic rings. The largest absolute Gasteiger partial charge is 0.477 e. The fourth-order valence-electron chi connectivity index (χ4n) is 5.22. The van der Waals surface area contributed by atoms with Crippen LogP contribution in [0.25, 0.3) is 27.8 Å². The summed E-state index contributed by atoms with van der Waals surface area (Å²) in [4.78, 5) is 26.9. The Labute approximate surface area is 213 Å². The molecule has 0 aliphatic carbocycles. The first-order valence-electron chi connectivity index (χ1n) is 12.0. The van der Waals surface area contributed by atoms with Gasteiger partial charge in [0.05, 0.1) is 39.6 Å². The maximum atomic E-state index is 13.7. The molecule has 0 N–H and O–H groups in total. The number of benzene rings is 3. The van der Waals surface area contributed by atoms with E-state index in [1.807, 2.05) is 68.4 Å². The average Bonchev–Trinajstić information content (AvgIpc) is 3.27. The molecule has 7 heteroatoms. The van der Waals surface area contributed by atoms with Gasteiger partial charge in [-0.05, 0) is 54.8 Å². The lowest BCUT2D eigenvalue weighted by atomic mass is 10.0. The summed E-state index contributed by atoms with van der Waals surface area (Å²) in [6, 6.07) is 23.4. The Bertz CT molecular complexity index is 1880. The van der Waals surface area contributed by atoms with E-state index >= 15 is 0 Å². The third kappa shape index (κ3) is 3.26. The lowest BCUT2D eigenvalue weighted by molar-refractivity contribution is 0.229. The zero-order chi connectivity index (χ0) is 26.0. The molecule has 1 aliphatic heterocycles. The van der Waals surface area contributed by atoms with Gasteiger partial charge in [-0.3, -0.25) is 13.9 Å². The molecule has 6 rings (SSSR count). The zero-order valence-corrected chi connectivity index (χ0v) is 20.9. The third-order valence-corrected chi connectivity index (χ3v) is 7.12. The van der Waals surface area contributed by atoms with Crippen LogP contribution in [0.1, 0.15) is 34.1 Å². The van der Waals surface area contributed by atoms with E-state index in [1.54, 1.807) is 19.2 Å². The molecule has 182 valence electrons. The van der Waals surface area contributed by atoms with E-state index in [4.69, 9.17) is 4.74 Å². The van der Waals surface area contributed by atoms with E-state index in [1.165, 1.54) is 11.6 Å². The van der Waals surface area contributed by atoms with Gasteiger partial charge in [0.25, 0.3) is 5.56 Å². The molecule has 0 bridgehead atoms. The van der Waals surface area contributed by atoms with Crippen LogP contribution in [0.4, 0.5) is 0 Å². The second kappa shape index (κ2) is 8.10. The van der Waals surface area contributed by atoms with E-state index in [0.717, 1.165) is 38.2 Å². The Kier molecular flexibility index (Phi) is 4.95. The van der Waals surface area contributed by atoms with Crippen molar-refractivity contribution >= 4 is 10.9 Å². The van der Waals surface area contributed by atoms with Crippen LogP contribution in [0, 0.1) is 25.2 Å². The van der Waals surface area contributed by atoms with E-state index in [0.29, 0.717) is 27.9 Å².